The molecule has 0 saturated heterocycles. The van der Waals surface area contributed by atoms with Crippen LogP contribution < -0.4 is 5.73 Å². The lowest BCUT2D eigenvalue weighted by Crippen LogP contribution is -2.30. The molecule has 0 saturated carbocycles. The molecule has 5 heteroatoms. The molecule has 0 amide bonds. The first kappa shape index (κ1) is 13.9. The lowest BCUT2D eigenvalue weighted by Gasteiger charge is -2.09. The highest BCUT2D eigenvalue weighted by atomic mass is 16.5. The van der Waals surface area contributed by atoms with Gasteiger partial charge in [0.05, 0.1) is 12.2 Å². The van der Waals surface area contributed by atoms with Crippen LogP contribution in [0.5, 0.6) is 0 Å². The van der Waals surface area contributed by atoms with Crippen LogP contribution in [0, 0.1) is 0 Å². The van der Waals surface area contributed by atoms with E-state index in [2.05, 4.69) is 5.10 Å². The molecule has 0 spiro atoms. The Morgan fingerprint density at radius 2 is 2.41 bits per heavy atom. The van der Waals surface area contributed by atoms with Crippen molar-refractivity contribution in [3.63, 3.8) is 0 Å². The monoisotopic (exact) mass is 239 g/mol. The molecule has 0 bridgehead atoms. The number of nitrogens with zero attached hydrogens (tertiary/aromatic N) is 2. The van der Waals surface area contributed by atoms with Crippen LogP contribution in [0.15, 0.2) is 12.4 Å². The molecule has 0 aliphatic heterocycles. The van der Waals surface area contributed by atoms with Crippen molar-refractivity contribution in [2.45, 2.75) is 31.7 Å². The predicted octanol–water partition coefficient (Wildman–Crippen LogP) is 0.676. The molecule has 1 heterocycles. The summed E-state index contributed by atoms with van der Waals surface area (Å²) in [6.45, 7) is 0.656. The first-order chi connectivity index (χ1) is 8.13. The molecule has 1 aromatic heterocycles. The van der Waals surface area contributed by atoms with E-state index in [1.165, 1.54) is 0 Å². The van der Waals surface area contributed by atoms with E-state index in [-0.39, 0.29) is 11.8 Å². The Bertz CT molecular complexity index is 349. The Morgan fingerprint density at radius 3 is 3.00 bits per heavy atom. The fraction of sp³-hybridized carbons (Fsp3) is 0.667. The van der Waals surface area contributed by atoms with Gasteiger partial charge in [-0.25, -0.2) is 0 Å². The molecule has 2 N–H and O–H groups in total. The summed E-state index contributed by atoms with van der Waals surface area (Å²) >= 11 is 0. The quantitative estimate of drug-likeness (QED) is 0.677. The summed E-state index contributed by atoms with van der Waals surface area (Å²) < 4.78 is 6.66. The summed E-state index contributed by atoms with van der Waals surface area (Å²) in [5, 5.41) is 4.06. The Hall–Kier alpha value is -1.20. The van der Waals surface area contributed by atoms with Gasteiger partial charge in [-0.15, -0.1) is 0 Å². The van der Waals surface area contributed by atoms with E-state index in [0.29, 0.717) is 25.9 Å². The second kappa shape index (κ2) is 7.19. The molecular weight excluding hydrogens is 218 g/mol. The smallest absolute Gasteiger partial charge is 0.149 e. The number of ether oxygens (including phenoxy) is 1. The summed E-state index contributed by atoms with van der Waals surface area (Å²) in [5.74, 6) is 0.116. The highest BCUT2D eigenvalue weighted by Gasteiger charge is 2.13. The normalized spacial score (nSPS) is 12.6. The second-order valence-electron chi connectivity index (χ2n) is 4.23. The van der Waals surface area contributed by atoms with Crippen LogP contribution in [0.3, 0.4) is 0 Å². The highest BCUT2D eigenvalue weighted by molar-refractivity contribution is 5.83. The van der Waals surface area contributed by atoms with Gasteiger partial charge in [0.1, 0.15) is 5.78 Å². The van der Waals surface area contributed by atoms with Crippen molar-refractivity contribution < 1.29 is 9.53 Å². The van der Waals surface area contributed by atoms with Crippen LogP contribution in [-0.2, 0) is 23.0 Å². The third kappa shape index (κ3) is 5.10. The van der Waals surface area contributed by atoms with Crippen molar-refractivity contribution in [3.05, 3.63) is 18.0 Å². The Kier molecular flexibility index (Phi) is 5.86. The molecule has 96 valence electrons. The molecular formula is C12H21N3O2. The van der Waals surface area contributed by atoms with Crippen molar-refractivity contribution in [3.8, 4) is 0 Å². The van der Waals surface area contributed by atoms with Crippen LogP contribution >= 0.6 is 0 Å². The summed E-state index contributed by atoms with van der Waals surface area (Å²) in [5.41, 5.74) is 6.88. The number of aryl methyl sites for hydroxylation is 2. The number of Topliss-reactive ketones (excluding diaryl/α,β-unsaturated/α-hetero) is 1. The van der Waals surface area contributed by atoms with Gasteiger partial charge in [-0.05, 0) is 24.8 Å². The van der Waals surface area contributed by atoms with Crippen LogP contribution in [-0.4, -0.2) is 35.3 Å². The molecule has 17 heavy (non-hydrogen) atoms. The molecule has 0 aliphatic rings. The summed E-state index contributed by atoms with van der Waals surface area (Å²) in [6, 6.07) is -0.359. The van der Waals surface area contributed by atoms with Gasteiger partial charge in [-0.3, -0.25) is 9.48 Å². The van der Waals surface area contributed by atoms with E-state index in [1.54, 1.807) is 18.0 Å². The topological polar surface area (TPSA) is 70.1 Å². The Labute approximate surface area is 102 Å². The lowest BCUT2D eigenvalue weighted by molar-refractivity contribution is -0.120. The molecule has 5 nitrogen and oxygen atoms in total. The first-order valence-corrected chi connectivity index (χ1v) is 5.88. The molecule has 0 aliphatic carbocycles. The van der Waals surface area contributed by atoms with Gasteiger partial charge < -0.3 is 10.5 Å². The van der Waals surface area contributed by atoms with Crippen molar-refractivity contribution in [1.29, 1.82) is 0 Å². The van der Waals surface area contributed by atoms with Gasteiger partial charge in [-0.2, -0.15) is 5.10 Å². The molecule has 1 unspecified atom stereocenters. The number of carbonyl (C=O) groups excluding carboxylic acids is 1. The maximum Gasteiger partial charge on any atom is 0.149 e. The summed E-state index contributed by atoms with van der Waals surface area (Å²) in [6.07, 6.45) is 6.42. The molecule has 1 atom stereocenters. The standard InChI is InChI=1S/C12H21N3O2/c1-15-9-10(8-14-15)5-6-12(16)11(13)4-3-7-17-2/h8-9,11H,3-7,13H2,1-2H3. The summed E-state index contributed by atoms with van der Waals surface area (Å²) in [4.78, 5) is 11.7. The van der Waals surface area contributed by atoms with Crippen LogP contribution in [0.25, 0.3) is 0 Å². The largest absolute Gasteiger partial charge is 0.385 e. The first-order valence-electron chi connectivity index (χ1n) is 5.88. The number of aromatic nitrogens is 2. The van der Waals surface area contributed by atoms with Crippen LogP contribution in [0.4, 0.5) is 0 Å². The van der Waals surface area contributed by atoms with Gasteiger partial charge in [-0.1, -0.05) is 0 Å². The summed E-state index contributed by atoms with van der Waals surface area (Å²) in [7, 11) is 3.51. The zero-order valence-corrected chi connectivity index (χ0v) is 10.6. The maximum atomic E-state index is 11.7. The fourth-order valence-corrected chi connectivity index (χ4v) is 1.66. The minimum absolute atomic E-state index is 0.116. The molecule has 0 aromatic carbocycles. The minimum atomic E-state index is -0.359. The zero-order chi connectivity index (χ0) is 12.7. The average Bonchev–Trinajstić information content (AvgIpc) is 2.72. The van der Waals surface area contributed by atoms with E-state index >= 15 is 0 Å². The van der Waals surface area contributed by atoms with Crippen molar-refractivity contribution in [2.75, 3.05) is 13.7 Å². The maximum absolute atomic E-state index is 11.7. The number of carbonyl (C=O) groups is 1. The number of methoxy groups -OCH3 is 1. The van der Waals surface area contributed by atoms with Crippen molar-refractivity contribution in [2.24, 2.45) is 12.8 Å². The van der Waals surface area contributed by atoms with E-state index < -0.39 is 0 Å². The number of rotatable bonds is 8. The molecule has 1 rings (SSSR count). The predicted molar refractivity (Wildman–Crippen MR) is 65.6 cm³/mol. The highest BCUT2D eigenvalue weighted by Crippen LogP contribution is 2.05. The van der Waals surface area contributed by atoms with Gasteiger partial charge in [0, 0.05) is 33.4 Å². The zero-order valence-electron chi connectivity index (χ0n) is 10.6. The fourth-order valence-electron chi connectivity index (χ4n) is 1.66. The third-order valence-corrected chi connectivity index (χ3v) is 2.70. The SMILES string of the molecule is COCCCC(N)C(=O)CCc1cnn(C)c1. The number of nitrogens with two attached hydrogens (primary N) is 1. The third-order valence-electron chi connectivity index (χ3n) is 2.70. The van der Waals surface area contributed by atoms with Crippen LogP contribution in [0.1, 0.15) is 24.8 Å². The number of hydrogen-bond donors (Lipinski definition) is 1. The van der Waals surface area contributed by atoms with Crippen molar-refractivity contribution >= 4 is 5.78 Å². The molecule has 0 radical (unpaired) electrons. The van der Waals surface area contributed by atoms with Crippen molar-refractivity contribution in [1.82, 2.24) is 9.78 Å². The van der Waals surface area contributed by atoms with E-state index in [1.807, 2.05) is 13.2 Å². The van der Waals surface area contributed by atoms with Gasteiger partial charge in [0.15, 0.2) is 0 Å². The number of ketones is 1. The van der Waals surface area contributed by atoms with Gasteiger partial charge >= 0.3 is 0 Å². The van der Waals surface area contributed by atoms with E-state index in [0.717, 1.165) is 12.0 Å². The van der Waals surface area contributed by atoms with Gasteiger partial charge in [0.25, 0.3) is 0 Å². The van der Waals surface area contributed by atoms with E-state index in [9.17, 15) is 4.79 Å². The van der Waals surface area contributed by atoms with Crippen LogP contribution in [0.2, 0.25) is 0 Å². The average molecular weight is 239 g/mol. The molecule has 0 fully saturated rings. The Morgan fingerprint density at radius 1 is 1.65 bits per heavy atom. The molecule has 1 aromatic rings. The Balaban J connectivity index is 2.24. The lowest BCUT2D eigenvalue weighted by atomic mass is 10.0. The second-order valence-corrected chi connectivity index (χ2v) is 4.23. The number of hydrogen-bond acceptors (Lipinski definition) is 4. The van der Waals surface area contributed by atoms with E-state index in [4.69, 9.17) is 10.5 Å². The van der Waals surface area contributed by atoms with Gasteiger partial charge in [0.2, 0.25) is 0 Å². The minimum Gasteiger partial charge on any atom is -0.385 e.